The van der Waals surface area contributed by atoms with Crippen LogP contribution < -0.4 is 0 Å². The summed E-state index contributed by atoms with van der Waals surface area (Å²) in [7, 11) is 0. The number of amides is 2. The third-order valence-corrected chi connectivity index (χ3v) is 3.50. The Hall–Kier alpha value is -1.62. The molecule has 102 valence electrons. The molecular weight excluding hydrogens is 266 g/mol. The molecule has 0 spiro atoms. The molecule has 1 aliphatic rings. The lowest BCUT2D eigenvalue weighted by Crippen LogP contribution is -2.55. The quantitative estimate of drug-likeness (QED) is 0.620. The molecule has 6 heteroatoms. The molecule has 0 atom stereocenters. The first-order valence-corrected chi connectivity index (χ1v) is 6.57. The number of hydrogen-bond acceptors (Lipinski definition) is 3. The molecule has 0 aliphatic carbocycles. The first kappa shape index (κ1) is 13.8. The highest BCUT2D eigenvalue weighted by molar-refractivity contribution is 6.35. The Labute approximate surface area is 117 Å². The van der Waals surface area contributed by atoms with E-state index in [9.17, 15) is 9.59 Å². The Kier molecular flexibility index (Phi) is 4.04. The van der Waals surface area contributed by atoms with Crippen LogP contribution in [0.15, 0.2) is 18.3 Å². The Morgan fingerprint density at radius 3 is 2.68 bits per heavy atom. The standard InChI is InChI=1S/C13H16ClN3O2/c1-9(2)17-7-6-16(12(18)13(17)19)8-10-4-3-5-15-11(10)14/h3-5,9H,6-8H2,1-2H3. The molecule has 0 N–H and O–H groups in total. The summed E-state index contributed by atoms with van der Waals surface area (Å²) >= 11 is 5.96. The number of nitrogens with zero attached hydrogens (tertiary/aromatic N) is 3. The minimum Gasteiger partial charge on any atom is -0.330 e. The van der Waals surface area contributed by atoms with Gasteiger partial charge in [0.05, 0.1) is 0 Å². The van der Waals surface area contributed by atoms with Crippen molar-refractivity contribution in [1.82, 2.24) is 14.8 Å². The van der Waals surface area contributed by atoms with E-state index in [0.717, 1.165) is 5.56 Å². The molecule has 5 nitrogen and oxygen atoms in total. The second-order valence-corrected chi connectivity index (χ2v) is 5.13. The third kappa shape index (κ3) is 2.87. The zero-order valence-electron chi connectivity index (χ0n) is 11.0. The number of piperazine rings is 1. The largest absolute Gasteiger partial charge is 0.330 e. The Morgan fingerprint density at radius 1 is 1.32 bits per heavy atom. The van der Waals surface area contributed by atoms with Gasteiger partial charge in [-0.05, 0) is 19.9 Å². The number of carbonyl (C=O) groups is 2. The van der Waals surface area contributed by atoms with Crippen molar-refractivity contribution in [2.45, 2.75) is 26.4 Å². The summed E-state index contributed by atoms with van der Waals surface area (Å²) in [6.07, 6.45) is 1.59. The van der Waals surface area contributed by atoms with Gasteiger partial charge in [-0.1, -0.05) is 17.7 Å². The maximum absolute atomic E-state index is 12.0. The van der Waals surface area contributed by atoms with Crippen LogP contribution in [0.25, 0.3) is 0 Å². The van der Waals surface area contributed by atoms with Gasteiger partial charge in [-0.15, -0.1) is 0 Å². The summed E-state index contributed by atoms with van der Waals surface area (Å²) < 4.78 is 0. The molecule has 1 fully saturated rings. The number of halogens is 1. The molecule has 1 saturated heterocycles. The molecule has 1 aromatic heterocycles. The van der Waals surface area contributed by atoms with E-state index in [2.05, 4.69) is 4.98 Å². The van der Waals surface area contributed by atoms with E-state index in [-0.39, 0.29) is 6.04 Å². The van der Waals surface area contributed by atoms with Gasteiger partial charge in [0.15, 0.2) is 0 Å². The molecule has 2 heterocycles. The van der Waals surface area contributed by atoms with E-state index in [1.807, 2.05) is 19.9 Å². The van der Waals surface area contributed by atoms with Crippen molar-refractivity contribution in [3.63, 3.8) is 0 Å². The molecule has 0 unspecified atom stereocenters. The van der Waals surface area contributed by atoms with Crippen molar-refractivity contribution in [2.24, 2.45) is 0 Å². The first-order chi connectivity index (χ1) is 9.00. The minimum atomic E-state index is -0.472. The van der Waals surface area contributed by atoms with E-state index in [0.29, 0.717) is 24.8 Å². The van der Waals surface area contributed by atoms with Gasteiger partial charge in [-0.3, -0.25) is 9.59 Å². The van der Waals surface area contributed by atoms with E-state index >= 15 is 0 Å². The van der Waals surface area contributed by atoms with Crippen molar-refractivity contribution < 1.29 is 9.59 Å². The SMILES string of the molecule is CC(C)N1CCN(Cc2cccnc2Cl)C(=O)C1=O. The van der Waals surface area contributed by atoms with Gasteiger partial charge in [0, 0.05) is 37.4 Å². The molecule has 0 saturated carbocycles. The van der Waals surface area contributed by atoms with Crippen LogP contribution >= 0.6 is 11.6 Å². The van der Waals surface area contributed by atoms with Gasteiger partial charge in [-0.2, -0.15) is 0 Å². The van der Waals surface area contributed by atoms with E-state index in [4.69, 9.17) is 11.6 Å². The van der Waals surface area contributed by atoms with Gasteiger partial charge in [-0.25, -0.2) is 4.98 Å². The van der Waals surface area contributed by atoms with Crippen LogP contribution in [0.5, 0.6) is 0 Å². The van der Waals surface area contributed by atoms with E-state index in [1.54, 1.807) is 17.2 Å². The molecule has 19 heavy (non-hydrogen) atoms. The third-order valence-electron chi connectivity index (χ3n) is 3.16. The Balaban J connectivity index is 2.10. The fourth-order valence-corrected chi connectivity index (χ4v) is 2.26. The van der Waals surface area contributed by atoms with E-state index < -0.39 is 11.8 Å². The number of aromatic nitrogens is 1. The fourth-order valence-electron chi connectivity index (χ4n) is 2.08. The highest BCUT2D eigenvalue weighted by atomic mass is 35.5. The van der Waals surface area contributed by atoms with Crippen molar-refractivity contribution >= 4 is 23.4 Å². The van der Waals surface area contributed by atoms with Gasteiger partial charge in [0.2, 0.25) is 0 Å². The lowest BCUT2D eigenvalue weighted by atomic mass is 10.2. The summed E-state index contributed by atoms with van der Waals surface area (Å²) in [4.78, 5) is 31.0. The lowest BCUT2D eigenvalue weighted by Gasteiger charge is -2.36. The molecule has 0 bridgehead atoms. The molecule has 2 rings (SSSR count). The topological polar surface area (TPSA) is 53.5 Å². The van der Waals surface area contributed by atoms with Crippen LogP contribution in [0, 0.1) is 0 Å². The summed E-state index contributed by atoms with van der Waals surface area (Å²) in [6.45, 7) is 5.20. The normalized spacial score (nSPS) is 16.4. The van der Waals surface area contributed by atoms with Crippen LogP contribution in [-0.4, -0.2) is 45.7 Å². The average Bonchev–Trinajstić information content (AvgIpc) is 2.37. The molecule has 1 aromatic rings. The predicted molar refractivity (Wildman–Crippen MR) is 71.5 cm³/mol. The predicted octanol–water partition coefficient (Wildman–Crippen LogP) is 1.31. The zero-order chi connectivity index (χ0) is 14.0. The van der Waals surface area contributed by atoms with Gasteiger partial charge in [0.1, 0.15) is 5.15 Å². The Bertz CT molecular complexity index is 504. The molecular formula is C13H16ClN3O2. The van der Waals surface area contributed by atoms with Crippen molar-refractivity contribution in [1.29, 1.82) is 0 Å². The number of carbonyl (C=O) groups excluding carboxylic acids is 2. The van der Waals surface area contributed by atoms with Crippen LogP contribution in [0.2, 0.25) is 5.15 Å². The molecule has 0 radical (unpaired) electrons. The maximum Gasteiger partial charge on any atom is 0.312 e. The summed E-state index contributed by atoms with van der Waals surface area (Å²) in [5.74, 6) is -0.916. The second-order valence-electron chi connectivity index (χ2n) is 4.77. The summed E-state index contributed by atoms with van der Waals surface area (Å²) in [6, 6.07) is 3.61. The van der Waals surface area contributed by atoms with Gasteiger partial charge >= 0.3 is 11.8 Å². The second kappa shape index (κ2) is 5.57. The lowest BCUT2D eigenvalue weighted by molar-refractivity contribution is -0.157. The number of hydrogen-bond donors (Lipinski definition) is 0. The minimum absolute atomic E-state index is 0.0422. The fraction of sp³-hybridized carbons (Fsp3) is 0.462. The van der Waals surface area contributed by atoms with Crippen LogP contribution in [0.4, 0.5) is 0 Å². The Morgan fingerprint density at radius 2 is 2.05 bits per heavy atom. The number of rotatable bonds is 3. The first-order valence-electron chi connectivity index (χ1n) is 6.20. The van der Waals surface area contributed by atoms with Crippen molar-refractivity contribution in [3.05, 3.63) is 29.0 Å². The summed E-state index contributed by atoms with van der Waals surface area (Å²) in [5, 5.41) is 0.369. The van der Waals surface area contributed by atoms with Gasteiger partial charge < -0.3 is 9.80 Å². The van der Waals surface area contributed by atoms with Crippen LogP contribution in [0.3, 0.4) is 0 Å². The van der Waals surface area contributed by atoms with E-state index in [1.165, 1.54) is 4.90 Å². The van der Waals surface area contributed by atoms with Crippen molar-refractivity contribution in [3.8, 4) is 0 Å². The van der Waals surface area contributed by atoms with Gasteiger partial charge in [0.25, 0.3) is 0 Å². The highest BCUT2D eigenvalue weighted by Crippen LogP contribution is 2.17. The monoisotopic (exact) mass is 281 g/mol. The molecule has 0 aromatic carbocycles. The highest BCUT2D eigenvalue weighted by Gasteiger charge is 2.33. The van der Waals surface area contributed by atoms with Crippen molar-refractivity contribution in [2.75, 3.05) is 13.1 Å². The smallest absolute Gasteiger partial charge is 0.312 e. The van der Waals surface area contributed by atoms with Crippen LogP contribution in [-0.2, 0) is 16.1 Å². The molecule has 1 aliphatic heterocycles. The average molecular weight is 282 g/mol. The zero-order valence-corrected chi connectivity index (χ0v) is 11.7. The summed E-state index contributed by atoms with van der Waals surface area (Å²) in [5.41, 5.74) is 0.753. The number of pyridine rings is 1. The maximum atomic E-state index is 12.0. The molecule has 2 amide bonds. The van der Waals surface area contributed by atoms with Crippen LogP contribution in [0.1, 0.15) is 19.4 Å².